The quantitative estimate of drug-likeness (QED) is 0.600. The van der Waals surface area contributed by atoms with Gasteiger partial charge in [-0.15, -0.1) is 0 Å². The topological polar surface area (TPSA) is 96.4 Å². The molecule has 1 aromatic heterocycles. The maximum atomic E-state index is 11.3. The Balaban J connectivity index is 1.69. The molecular weight excluding hydrogens is 332 g/mol. The number of benzene rings is 2. The Morgan fingerprint density at radius 2 is 1.81 bits per heavy atom. The van der Waals surface area contributed by atoms with Crippen molar-refractivity contribution in [1.29, 1.82) is 0 Å². The Kier molecular flexibility index (Phi) is 5.28. The van der Waals surface area contributed by atoms with Crippen LogP contribution in [0.1, 0.15) is 15.9 Å². The van der Waals surface area contributed by atoms with Gasteiger partial charge in [-0.05, 0) is 29.8 Å². The van der Waals surface area contributed by atoms with Crippen LogP contribution in [0.5, 0.6) is 5.75 Å². The van der Waals surface area contributed by atoms with Gasteiger partial charge in [0.05, 0.1) is 18.4 Å². The SMILES string of the molecule is COc1ccc(CNc2cc(Nc3ccccc3C(=O)O)ncn2)cc1. The van der Waals surface area contributed by atoms with E-state index in [9.17, 15) is 9.90 Å². The van der Waals surface area contributed by atoms with Gasteiger partial charge in [-0.1, -0.05) is 24.3 Å². The minimum atomic E-state index is -1.000. The predicted octanol–water partition coefficient (Wildman–Crippen LogP) is 3.54. The first-order valence-electron chi connectivity index (χ1n) is 7.94. The van der Waals surface area contributed by atoms with Crippen LogP contribution in [-0.2, 0) is 6.54 Å². The van der Waals surface area contributed by atoms with E-state index in [1.807, 2.05) is 24.3 Å². The maximum absolute atomic E-state index is 11.3. The highest BCUT2D eigenvalue weighted by Crippen LogP contribution is 2.21. The zero-order valence-corrected chi connectivity index (χ0v) is 14.1. The number of anilines is 3. The highest BCUT2D eigenvalue weighted by molar-refractivity contribution is 5.95. The fourth-order valence-electron chi connectivity index (χ4n) is 2.37. The van der Waals surface area contributed by atoms with E-state index in [1.54, 1.807) is 31.4 Å². The first-order chi connectivity index (χ1) is 12.7. The van der Waals surface area contributed by atoms with E-state index in [0.29, 0.717) is 23.9 Å². The summed E-state index contributed by atoms with van der Waals surface area (Å²) < 4.78 is 5.14. The number of carboxylic acid groups (broad SMARTS) is 1. The van der Waals surface area contributed by atoms with Crippen LogP contribution in [-0.4, -0.2) is 28.2 Å². The average Bonchev–Trinajstić information content (AvgIpc) is 2.67. The highest BCUT2D eigenvalue weighted by Gasteiger charge is 2.09. The summed E-state index contributed by atoms with van der Waals surface area (Å²) in [6.45, 7) is 0.589. The normalized spacial score (nSPS) is 10.2. The Bertz CT molecular complexity index is 897. The molecule has 0 amide bonds. The molecule has 3 aromatic rings. The minimum Gasteiger partial charge on any atom is -0.497 e. The molecule has 0 fully saturated rings. The van der Waals surface area contributed by atoms with E-state index in [4.69, 9.17) is 4.74 Å². The van der Waals surface area contributed by atoms with Crippen LogP contribution in [0, 0.1) is 0 Å². The van der Waals surface area contributed by atoms with Gasteiger partial charge < -0.3 is 20.5 Å². The lowest BCUT2D eigenvalue weighted by atomic mass is 10.2. The summed E-state index contributed by atoms with van der Waals surface area (Å²) in [6.07, 6.45) is 1.42. The molecule has 7 nitrogen and oxygen atoms in total. The third kappa shape index (κ3) is 4.27. The maximum Gasteiger partial charge on any atom is 0.337 e. The zero-order valence-electron chi connectivity index (χ0n) is 14.1. The van der Waals surface area contributed by atoms with Crippen molar-refractivity contribution in [3.63, 3.8) is 0 Å². The second kappa shape index (κ2) is 7.98. The monoisotopic (exact) mass is 350 g/mol. The van der Waals surface area contributed by atoms with E-state index in [1.165, 1.54) is 12.4 Å². The van der Waals surface area contributed by atoms with Crippen molar-refractivity contribution >= 4 is 23.3 Å². The molecule has 0 saturated heterocycles. The number of para-hydroxylation sites is 1. The number of aromatic carboxylic acids is 1. The lowest BCUT2D eigenvalue weighted by Gasteiger charge is -2.10. The van der Waals surface area contributed by atoms with Crippen molar-refractivity contribution in [2.24, 2.45) is 0 Å². The summed E-state index contributed by atoms with van der Waals surface area (Å²) in [6, 6.07) is 16.1. The second-order valence-electron chi connectivity index (χ2n) is 5.47. The van der Waals surface area contributed by atoms with Crippen molar-refractivity contribution in [2.75, 3.05) is 17.7 Å². The Hall–Kier alpha value is -3.61. The summed E-state index contributed by atoms with van der Waals surface area (Å²) in [7, 11) is 1.63. The standard InChI is InChI=1S/C19H18N4O3/c1-26-14-8-6-13(7-9-14)11-20-17-10-18(22-12-21-17)23-16-5-3-2-4-15(16)19(24)25/h2-10,12H,11H2,1H3,(H,24,25)(H2,20,21,22,23). The molecule has 26 heavy (non-hydrogen) atoms. The van der Waals surface area contributed by atoms with Crippen LogP contribution in [0.25, 0.3) is 0 Å². The summed E-state index contributed by atoms with van der Waals surface area (Å²) in [4.78, 5) is 19.6. The molecule has 0 bridgehead atoms. The summed E-state index contributed by atoms with van der Waals surface area (Å²) in [5.74, 6) is 0.941. The molecule has 0 aliphatic heterocycles. The molecule has 0 atom stereocenters. The Labute approximate surface area is 150 Å². The fraction of sp³-hybridized carbons (Fsp3) is 0.105. The van der Waals surface area contributed by atoms with E-state index in [2.05, 4.69) is 20.6 Å². The number of aromatic nitrogens is 2. The Morgan fingerprint density at radius 1 is 1.08 bits per heavy atom. The third-order valence-electron chi connectivity index (χ3n) is 3.72. The molecule has 0 spiro atoms. The van der Waals surface area contributed by atoms with Gasteiger partial charge in [-0.3, -0.25) is 0 Å². The number of methoxy groups -OCH3 is 1. The van der Waals surface area contributed by atoms with Crippen molar-refractivity contribution in [1.82, 2.24) is 9.97 Å². The van der Waals surface area contributed by atoms with Crippen LogP contribution in [0.15, 0.2) is 60.9 Å². The second-order valence-corrected chi connectivity index (χ2v) is 5.47. The van der Waals surface area contributed by atoms with E-state index < -0.39 is 5.97 Å². The van der Waals surface area contributed by atoms with Gasteiger partial charge in [-0.25, -0.2) is 14.8 Å². The van der Waals surface area contributed by atoms with Crippen LogP contribution in [0.4, 0.5) is 17.3 Å². The number of hydrogen-bond acceptors (Lipinski definition) is 6. The highest BCUT2D eigenvalue weighted by atomic mass is 16.5. The average molecular weight is 350 g/mol. The number of nitrogens with one attached hydrogen (secondary N) is 2. The summed E-state index contributed by atoms with van der Waals surface area (Å²) >= 11 is 0. The van der Waals surface area contributed by atoms with E-state index >= 15 is 0 Å². The van der Waals surface area contributed by atoms with Gasteiger partial charge in [-0.2, -0.15) is 0 Å². The molecule has 0 saturated carbocycles. The van der Waals surface area contributed by atoms with Crippen LogP contribution < -0.4 is 15.4 Å². The van der Waals surface area contributed by atoms with Gasteiger partial charge in [0.1, 0.15) is 23.7 Å². The molecule has 1 heterocycles. The lowest BCUT2D eigenvalue weighted by Crippen LogP contribution is -2.05. The smallest absolute Gasteiger partial charge is 0.337 e. The fourth-order valence-corrected chi connectivity index (χ4v) is 2.37. The molecule has 132 valence electrons. The molecule has 3 rings (SSSR count). The summed E-state index contributed by atoms with van der Waals surface area (Å²) in [5.41, 5.74) is 1.73. The number of hydrogen-bond donors (Lipinski definition) is 3. The summed E-state index contributed by atoms with van der Waals surface area (Å²) in [5, 5.41) is 15.5. The Morgan fingerprint density at radius 3 is 2.54 bits per heavy atom. The molecule has 7 heteroatoms. The van der Waals surface area contributed by atoms with E-state index in [-0.39, 0.29) is 5.56 Å². The van der Waals surface area contributed by atoms with Crippen LogP contribution >= 0.6 is 0 Å². The van der Waals surface area contributed by atoms with Gasteiger partial charge in [0.15, 0.2) is 0 Å². The van der Waals surface area contributed by atoms with Gasteiger partial charge in [0.25, 0.3) is 0 Å². The van der Waals surface area contributed by atoms with E-state index in [0.717, 1.165) is 11.3 Å². The number of rotatable bonds is 7. The molecule has 3 N–H and O–H groups in total. The van der Waals surface area contributed by atoms with Crippen molar-refractivity contribution in [3.05, 3.63) is 72.1 Å². The third-order valence-corrected chi connectivity index (χ3v) is 3.72. The minimum absolute atomic E-state index is 0.179. The molecule has 0 aliphatic rings. The van der Waals surface area contributed by atoms with Gasteiger partial charge in [0, 0.05) is 12.6 Å². The molecule has 0 radical (unpaired) electrons. The number of nitrogens with zero attached hydrogens (tertiary/aromatic N) is 2. The van der Waals surface area contributed by atoms with Gasteiger partial charge >= 0.3 is 5.97 Å². The van der Waals surface area contributed by atoms with Crippen LogP contribution in [0.3, 0.4) is 0 Å². The van der Waals surface area contributed by atoms with Crippen molar-refractivity contribution < 1.29 is 14.6 Å². The van der Waals surface area contributed by atoms with Gasteiger partial charge in [0.2, 0.25) is 0 Å². The first-order valence-corrected chi connectivity index (χ1v) is 7.94. The van der Waals surface area contributed by atoms with Crippen molar-refractivity contribution in [2.45, 2.75) is 6.54 Å². The zero-order chi connectivity index (χ0) is 18.4. The molecule has 0 unspecified atom stereocenters. The number of ether oxygens (including phenoxy) is 1. The van der Waals surface area contributed by atoms with Crippen LogP contribution in [0.2, 0.25) is 0 Å². The number of carbonyl (C=O) groups is 1. The lowest BCUT2D eigenvalue weighted by molar-refractivity contribution is 0.0698. The molecular formula is C19H18N4O3. The molecule has 0 aliphatic carbocycles. The molecule has 2 aromatic carbocycles. The van der Waals surface area contributed by atoms with Crippen molar-refractivity contribution in [3.8, 4) is 5.75 Å². The largest absolute Gasteiger partial charge is 0.497 e. The first kappa shape index (κ1) is 17.2. The number of carboxylic acids is 1. The predicted molar refractivity (Wildman–Crippen MR) is 99.0 cm³/mol.